The summed E-state index contributed by atoms with van der Waals surface area (Å²) in [5.41, 5.74) is 7.77. The molecular formula is C14H21ClN2O. The van der Waals surface area contributed by atoms with E-state index in [9.17, 15) is 5.11 Å². The highest BCUT2D eigenvalue weighted by Crippen LogP contribution is 2.30. The van der Waals surface area contributed by atoms with E-state index >= 15 is 0 Å². The standard InChI is InChI=1S/C14H21ClN2O/c1-10-7-12(16)11(15)8-13(10)17-9-14(18)5-3-2-4-6-14/h7-8,17-18H,2-6,9,16H2,1H3. The molecular weight excluding hydrogens is 248 g/mol. The molecule has 1 aromatic rings. The van der Waals surface area contributed by atoms with Gasteiger partial charge in [0, 0.05) is 12.2 Å². The maximum atomic E-state index is 10.4. The molecule has 0 aliphatic heterocycles. The number of rotatable bonds is 3. The molecule has 0 spiro atoms. The molecule has 1 saturated carbocycles. The molecule has 1 aromatic carbocycles. The number of hydrogen-bond acceptors (Lipinski definition) is 3. The van der Waals surface area contributed by atoms with Crippen molar-refractivity contribution in [2.45, 2.75) is 44.6 Å². The third-order valence-corrected chi connectivity index (χ3v) is 4.06. The topological polar surface area (TPSA) is 58.3 Å². The molecule has 2 rings (SSSR count). The predicted octanol–water partition coefficient (Wildman–Crippen LogP) is 3.34. The van der Waals surface area contributed by atoms with E-state index in [0.29, 0.717) is 17.3 Å². The Hall–Kier alpha value is -0.930. The van der Waals surface area contributed by atoms with Crippen molar-refractivity contribution in [3.63, 3.8) is 0 Å². The lowest BCUT2D eigenvalue weighted by Gasteiger charge is -2.32. The van der Waals surface area contributed by atoms with Crippen molar-refractivity contribution in [3.05, 3.63) is 22.7 Å². The van der Waals surface area contributed by atoms with Gasteiger partial charge in [-0.3, -0.25) is 0 Å². The van der Waals surface area contributed by atoms with Gasteiger partial charge in [0.05, 0.1) is 16.3 Å². The highest BCUT2D eigenvalue weighted by molar-refractivity contribution is 6.33. The Labute approximate surface area is 113 Å². The van der Waals surface area contributed by atoms with E-state index in [-0.39, 0.29) is 0 Å². The van der Waals surface area contributed by atoms with Gasteiger partial charge in [-0.15, -0.1) is 0 Å². The zero-order valence-corrected chi connectivity index (χ0v) is 11.6. The third-order valence-electron chi connectivity index (χ3n) is 3.74. The van der Waals surface area contributed by atoms with Crippen LogP contribution < -0.4 is 11.1 Å². The van der Waals surface area contributed by atoms with Crippen molar-refractivity contribution in [1.82, 2.24) is 0 Å². The van der Waals surface area contributed by atoms with Gasteiger partial charge in [0.15, 0.2) is 0 Å². The van der Waals surface area contributed by atoms with E-state index in [0.717, 1.165) is 36.9 Å². The van der Waals surface area contributed by atoms with Crippen LogP contribution in [0.15, 0.2) is 12.1 Å². The molecule has 0 atom stereocenters. The van der Waals surface area contributed by atoms with Crippen LogP contribution in [0.3, 0.4) is 0 Å². The average Bonchev–Trinajstić information content (AvgIpc) is 2.33. The lowest BCUT2D eigenvalue weighted by Crippen LogP contribution is -2.38. The number of benzene rings is 1. The van der Waals surface area contributed by atoms with Gasteiger partial charge in [-0.05, 0) is 37.5 Å². The van der Waals surface area contributed by atoms with E-state index in [4.69, 9.17) is 17.3 Å². The van der Waals surface area contributed by atoms with Crippen molar-refractivity contribution in [3.8, 4) is 0 Å². The molecule has 1 aliphatic carbocycles. The Morgan fingerprint density at radius 1 is 1.33 bits per heavy atom. The highest BCUT2D eigenvalue weighted by Gasteiger charge is 2.28. The Balaban J connectivity index is 2.03. The fourth-order valence-corrected chi connectivity index (χ4v) is 2.70. The predicted molar refractivity (Wildman–Crippen MR) is 77.1 cm³/mol. The zero-order chi connectivity index (χ0) is 13.2. The van der Waals surface area contributed by atoms with Crippen LogP contribution in [0.2, 0.25) is 5.02 Å². The summed E-state index contributed by atoms with van der Waals surface area (Å²) in [6, 6.07) is 3.69. The van der Waals surface area contributed by atoms with Crippen LogP contribution in [0.4, 0.5) is 11.4 Å². The van der Waals surface area contributed by atoms with Gasteiger partial charge < -0.3 is 16.2 Å². The van der Waals surface area contributed by atoms with Crippen molar-refractivity contribution < 1.29 is 5.11 Å². The number of aryl methyl sites for hydroxylation is 1. The minimum absolute atomic E-state index is 0.554. The fraction of sp³-hybridized carbons (Fsp3) is 0.571. The number of anilines is 2. The van der Waals surface area contributed by atoms with E-state index in [1.807, 2.05) is 19.1 Å². The molecule has 3 nitrogen and oxygen atoms in total. The Morgan fingerprint density at radius 2 is 2.00 bits per heavy atom. The van der Waals surface area contributed by atoms with Gasteiger partial charge in [0.25, 0.3) is 0 Å². The molecule has 0 aromatic heterocycles. The zero-order valence-electron chi connectivity index (χ0n) is 10.8. The number of nitrogens with two attached hydrogens (primary N) is 1. The van der Waals surface area contributed by atoms with Gasteiger partial charge >= 0.3 is 0 Å². The highest BCUT2D eigenvalue weighted by atomic mass is 35.5. The first-order chi connectivity index (χ1) is 8.50. The monoisotopic (exact) mass is 268 g/mol. The summed E-state index contributed by atoms with van der Waals surface area (Å²) in [6.07, 6.45) is 5.21. The smallest absolute Gasteiger partial charge is 0.0819 e. The van der Waals surface area contributed by atoms with Crippen molar-refractivity contribution in [1.29, 1.82) is 0 Å². The summed E-state index contributed by atoms with van der Waals surface area (Å²) in [4.78, 5) is 0. The molecule has 0 heterocycles. The fourth-order valence-electron chi connectivity index (χ4n) is 2.54. The SMILES string of the molecule is Cc1cc(N)c(Cl)cc1NCC1(O)CCCCC1. The molecule has 18 heavy (non-hydrogen) atoms. The largest absolute Gasteiger partial charge is 0.398 e. The molecule has 0 radical (unpaired) electrons. The molecule has 0 bridgehead atoms. The number of hydrogen-bond donors (Lipinski definition) is 3. The van der Waals surface area contributed by atoms with Crippen molar-refractivity contribution >= 4 is 23.0 Å². The van der Waals surface area contributed by atoms with Crippen molar-refractivity contribution in [2.24, 2.45) is 0 Å². The molecule has 1 aliphatic rings. The second-order valence-corrected chi connectivity index (χ2v) is 5.73. The quantitative estimate of drug-likeness (QED) is 0.737. The van der Waals surface area contributed by atoms with Gasteiger partial charge in [0.2, 0.25) is 0 Å². The van der Waals surface area contributed by atoms with Gasteiger partial charge in [-0.25, -0.2) is 0 Å². The number of aliphatic hydroxyl groups is 1. The number of halogens is 1. The second kappa shape index (κ2) is 5.37. The molecule has 0 unspecified atom stereocenters. The summed E-state index contributed by atoms with van der Waals surface area (Å²) >= 11 is 6.01. The first-order valence-corrected chi connectivity index (χ1v) is 6.90. The summed E-state index contributed by atoms with van der Waals surface area (Å²) in [5.74, 6) is 0. The number of nitrogens with one attached hydrogen (secondary N) is 1. The maximum absolute atomic E-state index is 10.4. The van der Waals surface area contributed by atoms with E-state index in [1.165, 1.54) is 6.42 Å². The normalized spacial score (nSPS) is 18.6. The summed E-state index contributed by atoms with van der Waals surface area (Å²) < 4.78 is 0. The van der Waals surface area contributed by atoms with E-state index in [2.05, 4.69) is 5.32 Å². The van der Waals surface area contributed by atoms with Crippen LogP contribution in [0, 0.1) is 6.92 Å². The molecule has 0 saturated heterocycles. The Morgan fingerprint density at radius 3 is 2.67 bits per heavy atom. The van der Waals surface area contributed by atoms with E-state index in [1.54, 1.807) is 0 Å². The minimum Gasteiger partial charge on any atom is -0.398 e. The first-order valence-electron chi connectivity index (χ1n) is 6.52. The van der Waals surface area contributed by atoms with Gasteiger partial charge in [0.1, 0.15) is 0 Å². The molecule has 4 heteroatoms. The van der Waals surface area contributed by atoms with Crippen LogP contribution in [0.1, 0.15) is 37.7 Å². The van der Waals surface area contributed by atoms with Crippen LogP contribution in [0.25, 0.3) is 0 Å². The van der Waals surface area contributed by atoms with Crippen LogP contribution in [-0.4, -0.2) is 17.3 Å². The van der Waals surface area contributed by atoms with Gasteiger partial charge in [-0.2, -0.15) is 0 Å². The summed E-state index contributed by atoms with van der Waals surface area (Å²) in [5, 5.41) is 14.3. The van der Waals surface area contributed by atoms with Crippen LogP contribution >= 0.6 is 11.6 Å². The molecule has 100 valence electrons. The van der Waals surface area contributed by atoms with Crippen molar-refractivity contribution in [2.75, 3.05) is 17.6 Å². The lowest BCUT2D eigenvalue weighted by atomic mass is 9.85. The minimum atomic E-state index is -0.571. The third kappa shape index (κ3) is 3.09. The van der Waals surface area contributed by atoms with Crippen LogP contribution in [0.5, 0.6) is 0 Å². The Bertz CT molecular complexity index is 428. The second-order valence-electron chi connectivity index (χ2n) is 5.33. The van der Waals surface area contributed by atoms with E-state index < -0.39 is 5.60 Å². The molecule has 1 fully saturated rings. The first kappa shape index (κ1) is 13.5. The maximum Gasteiger partial charge on any atom is 0.0819 e. The lowest BCUT2D eigenvalue weighted by molar-refractivity contribution is 0.0167. The molecule has 4 N–H and O–H groups in total. The van der Waals surface area contributed by atoms with Crippen LogP contribution in [-0.2, 0) is 0 Å². The Kier molecular flexibility index (Phi) is 4.03. The summed E-state index contributed by atoms with van der Waals surface area (Å²) in [7, 11) is 0. The average molecular weight is 269 g/mol. The molecule has 0 amide bonds. The summed E-state index contributed by atoms with van der Waals surface area (Å²) in [6.45, 7) is 2.56. The van der Waals surface area contributed by atoms with Gasteiger partial charge in [-0.1, -0.05) is 30.9 Å². The number of nitrogen functional groups attached to an aromatic ring is 1.